The van der Waals surface area contributed by atoms with Gasteiger partial charge in [0.15, 0.2) is 0 Å². The van der Waals surface area contributed by atoms with Gasteiger partial charge in [-0.25, -0.2) is 14.4 Å². The van der Waals surface area contributed by atoms with Crippen molar-refractivity contribution in [2.24, 2.45) is 0 Å². The highest BCUT2D eigenvalue weighted by Crippen LogP contribution is 2.44. The zero-order valence-electron chi connectivity index (χ0n) is 13.9. The van der Waals surface area contributed by atoms with Crippen LogP contribution >= 0.6 is 11.8 Å². The number of hydrogen-bond donors (Lipinski definition) is 1. The van der Waals surface area contributed by atoms with Gasteiger partial charge < -0.3 is 5.32 Å². The third kappa shape index (κ3) is 2.30. The minimum absolute atomic E-state index is 0.286. The Balaban J connectivity index is 1.83. The summed E-state index contributed by atoms with van der Waals surface area (Å²) >= 11 is 6.35. The number of nitrogens with one attached hydrogen (secondary N) is 1. The van der Waals surface area contributed by atoms with Gasteiger partial charge in [0.2, 0.25) is 0 Å². The topological polar surface area (TPSA) is 80.1 Å². The van der Waals surface area contributed by atoms with Gasteiger partial charge in [0.05, 0.1) is 5.56 Å². The third-order valence-electron chi connectivity index (χ3n) is 5.04. The number of carbonyl (C=O) groups excluding carboxylic acids is 1. The van der Waals surface area contributed by atoms with Gasteiger partial charge in [0, 0.05) is 18.0 Å². The third-order valence-corrected chi connectivity index (χ3v) is 5.50. The van der Waals surface area contributed by atoms with Crippen molar-refractivity contribution in [1.29, 1.82) is 0 Å². The predicted octanol–water partition coefficient (Wildman–Crippen LogP) is 2.59. The molecule has 0 aromatic carbocycles. The van der Waals surface area contributed by atoms with E-state index in [2.05, 4.69) is 21.2 Å². The van der Waals surface area contributed by atoms with E-state index in [1.54, 1.807) is 12.1 Å². The molecule has 1 N–H and O–H groups in total. The van der Waals surface area contributed by atoms with Gasteiger partial charge in [-0.2, -0.15) is 0 Å². The molecular formula is C18H16ClN5O2. The minimum Gasteiger partial charge on any atom is -0.335 e. The summed E-state index contributed by atoms with van der Waals surface area (Å²) in [6.45, 7) is 0. The Labute approximate surface area is 155 Å². The number of nitrogens with zero attached hydrogens (tertiary/aromatic N) is 4. The van der Waals surface area contributed by atoms with Gasteiger partial charge in [-0.05, 0) is 37.8 Å². The normalized spacial score (nSPS) is 17.8. The molecule has 2 aromatic heterocycles. The lowest BCUT2D eigenvalue weighted by atomic mass is 9.89. The molecule has 8 heteroatoms. The summed E-state index contributed by atoms with van der Waals surface area (Å²) < 4.78 is 2.73. The van der Waals surface area contributed by atoms with Gasteiger partial charge in [0.25, 0.3) is 11.5 Å². The van der Waals surface area contributed by atoms with Crippen molar-refractivity contribution in [1.82, 2.24) is 19.0 Å². The summed E-state index contributed by atoms with van der Waals surface area (Å²) in [5.74, 6) is 2.50. The van der Waals surface area contributed by atoms with Crippen molar-refractivity contribution in [3.63, 3.8) is 0 Å². The van der Waals surface area contributed by atoms with Crippen LogP contribution in [0, 0.1) is 12.3 Å². The summed E-state index contributed by atoms with van der Waals surface area (Å²) in [7, 11) is 0. The van der Waals surface area contributed by atoms with Crippen molar-refractivity contribution >= 4 is 29.2 Å². The summed E-state index contributed by atoms with van der Waals surface area (Å²) in [6.07, 6.45) is 12.5. The maximum atomic E-state index is 13.2. The number of pyridine rings is 1. The van der Waals surface area contributed by atoms with E-state index in [1.165, 1.54) is 21.5 Å². The van der Waals surface area contributed by atoms with Crippen LogP contribution in [0.2, 0.25) is 0 Å². The second-order valence-corrected chi connectivity index (χ2v) is 6.79. The van der Waals surface area contributed by atoms with Crippen LogP contribution < -0.4 is 10.9 Å². The van der Waals surface area contributed by atoms with Crippen LogP contribution in [0.5, 0.6) is 0 Å². The lowest BCUT2D eigenvalue weighted by Crippen LogP contribution is -2.47. The molecule has 2 aromatic rings. The number of terminal acetylenes is 1. The highest BCUT2D eigenvalue weighted by atomic mass is 35.5. The first-order valence-corrected chi connectivity index (χ1v) is 8.73. The van der Waals surface area contributed by atoms with Gasteiger partial charge in [0.1, 0.15) is 29.2 Å². The van der Waals surface area contributed by atoms with Crippen molar-refractivity contribution in [2.75, 3.05) is 5.32 Å². The molecule has 7 nitrogen and oxygen atoms in total. The van der Waals surface area contributed by atoms with E-state index in [1.807, 2.05) is 0 Å². The van der Waals surface area contributed by atoms with Crippen LogP contribution in [0.4, 0.5) is 11.5 Å². The molecule has 0 bridgehead atoms. The summed E-state index contributed by atoms with van der Waals surface area (Å²) in [6, 6.07) is 3.17. The summed E-state index contributed by atoms with van der Waals surface area (Å²) in [4.78, 5) is 33.7. The lowest BCUT2D eigenvalue weighted by Gasteiger charge is -2.38. The van der Waals surface area contributed by atoms with Gasteiger partial charge in [-0.3, -0.25) is 14.2 Å². The Morgan fingerprint density at radius 3 is 2.73 bits per heavy atom. The Hall–Kier alpha value is -2.85. The highest BCUT2D eigenvalue weighted by molar-refractivity contribution is 6.25. The molecule has 26 heavy (non-hydrogen) atoms. The molecule has 1 amide bonds. The Morgan fingerprint density at radius 1 is 1.23 bits per heavy atom. The Kier molecular flexibility index (Phi) is 3.93. The average Bonchev–Trinajstić information content (AvgIpc) is 2.87. The molecule has 3 heterocycles. The van der Waals surface area contributed by atoms with Crippen molar-refractivity contribution in [3.05, 3.63) is 46.3 Å². The minimum atomic E-state index is -0.804. The predicted molar refractivity (Wildman–Crippen MR) is 97.0 cm³/mol. The van der Waals surface area contributed by atoms with Crippen LogP contribution in [0.15, 0.2) is 29.5 Å². The first kappa shape index (κ1) is 16.6. The second kappa shape index (κ2) is 6.15. The monoisotopic (exact) mass is 369 g/mol. The molecule has 0 saturated heterocycles. The van der Waals surface area contributed by atoms with E-state index in [0.717, 1.165) is 19.3 Å². The van der Waals surface area contributed by atoms with Gasteiger partial charge in [-0.1, -0.05) is 12.3 Å². The first-order valence-electron chi connectivity index (χ1n) is 8.39. The number of anilines is 2. The number of halogens is 1. The molecule has 1 aliphatic carbocycles. The molecule has 0 unspecified atom stereocenters. The maximum absolute atomic E-state index is 13.2. The second-order valence-electron chi connectivity index (χ2n) is 6.46. The fourth-order valence-corrected chi connectivity index (χ4v) is 4.12. The number of rotatable bonds is 2. The van der Waals surface area contributed by atoms with Crippen molar-refractivity contribution in [2.45, 2.75) is 37.8 Å². The molecule has 0 radical (unpaired) electrons. The average molecular weight is 370 g/mol. The fourth-order valence-electron chi connectivity index (χ4n) is 3.79. The molecule has 2 aliphatic rings. The lowest BCUT2D eigenvalue weighted by molar-refractivity contribution is 0.0553. The van der Waals surface area contributed by atoms with E-state index in [4.69, 9.17) is 18.2 Å². The van der Waals surface area contributed by atoms with E-state index in [0.29, 0.717) is 29.9 Å². The van der Waals surface area contributed by atoms with Crippen LogP contribution in [-0.2, 0) is 5.66 Å². The zero-order chi connectivity index (χ0) is 18.3. The van der Waals surface area contributed by atoms with Crippen LogP contribution in [-0.4, -0.2) is 24.9 Å². The van der Waals surface area contributed by atoms with E-state index < -0.39 is 5.66 Å². The number of aromatic nitrogens is 3. The SMILES string of the molecule is C#Cc1cncnc1Nc1ccc2n(c1=O)C1(CCCCC1)N(Cl)C2=O. The van der Waals surface area contributed by atoms with Crippen LogP contribution in [0.25, 0.3) is 0 Å². The fraction of sp³-hybridized carbons (Fsp3) is 0.333. The maximum Gasteiger partial charge on any atom is 0.287 e. The van der Waals surface area contributed by atoms with Gasteiger partial charge in [-0.15, -0.1) is 6.42 Å². The number of carbonyl (C=O) groups is 1. The molecule has 4 rings (SSSR count). The standard InChI is InChI=1S/C18H16ClN5O2/c1-2-12-10-20-11-21-15(12)22-13-6-7-14-17(26)24(19)18(23(14)16(13)25)8-4-3-5-9-18/h1,6-7,10-11H,3-5,8-9H2,(H,20,21,22). The smallest absolute Gasteiger partial charge is 0.287 e. The van der Waals surface area contributed by atoms with Crippen molar-refractivity contribution in [3.8, 4) is 12.3 Å². The Bertz CT molecular complexity index is 988. The van der Waals surface area contributed by atoms with Crippen LogP contribution in [0.3, 0.4) is 0 Å². The van der Waals surface area contributed by atoms with Crippen LogP contribution in [0.1, 0.15) is 48.2 Å². The molecule has 1 aliphatic heterocycles. The molecule has 132 valence electrons. The largest absolute Gasteiger partial charge is 0.335 e. The molecule has 1 fully saturated rings. The number of fused-ring (bicyclic) bond motifs is 2. The molecular weight excluding hydrogens is 354 g/mol. The van der Waals surface area contributed by atoms with E-state index in [-0.39, 0.29) is 17.2 Å². The summed E-state index contributed by atoms with van der Waals surface area (Å²) in [5, 5.41) is 2.97. The van der Waals surface area contributed by atoms with E-state index >= 15 is 0 Å². The van der Waals surface area contributed by atoms with E-state index in [9.17, 15) is 9.59 Å². The molecule has 1 spiro atoms. The van der Waals surface area contributed by atoms with Gasteiger partial charge >= 0.3 is 0 Å². The number of amides is 1. The number of hydrogen-bond acceptors (Lipinski definition) is 5. The highest BCUT2D eigenvalue weighted by Gasteiger charge is 2.50. The quantitative estimate of drug-likeness (QED) is 0.650. The first-order chi connectivity index (χ1) is 12.6. The zero-order valence-corrected chi connectivity index (χ0v) is 14.7. The Morgan fingerprint density at radius 2 is 2.00 bits per heavy atom. The molecule has 1 saturated carbocycles. The summed E-state index contributed by atoms with van der Waals surface area (Å²) in [5.41, 5.74) is -0.0879. The van der Waals surface area contributed by atoms with Crippen molar-refractivity contribution < 1.29 is 4.79 Å². The molecule has 0 atom stereocenters.